The lowest BCUT2D eigenvalue weighted by Gasteiger charge is -2.34. The normalized spacial score (nSPS) is 23.9. The largest absolute Gasteiger partial charge is 0.494 e. The molecule has 1 saturated carbocycles. The lowest BCUT2D eigenvalue weighted by Crippen LogP contribution is -2.52. The Morgan fingerprint density at radius 2 is 1.76 bits per heavy atom. The molecule has 1 aliphatic heterocycles. The monoisotopic (exact) mass is 520 g/mol. The Bertz CT molecular complexity index is 1030. The van der Waals surface area contributed by atoms with Gasteiger partial charge >= 0.3 is 0 Å². The van der Waals surface area contributed by atoms with Crippen LogP contribution in [0.4, 0.5) is 5.82 Å². The molecule has 7 heteroatoms. The minimum atomic E-state index is -0.525. The quantitative estimate of drug-likeness (QED) is 0.445. The van der Waals surface area contributed by atoms with Gasteiger partial charge in [-0.1, -0.05) is 25.0 Å². The van der Waals surface area contributed by atoms with E-state index in [0.717, 1.165) is 82.9 Å². The highest BCUT2D eigenvalue weighted by Crippen LogP contribution is 2.38. The predicted octanol–water partition coefficient (Wildman–Crippen LogP) is 4.56. The second-order valence-electron chi connectivity index (χ2n) is 11.9. The van der Waals surface area contributed by atoms with Crippen LogP contribution in [0.2, 0.25) is 0 Å². The maximum atomic E-state index is 7.24. The molecule has 208 valence electrons. The van der Waals surface area contributed by atoms with Crippen molar-refractivity contribution in [2.24, 2.45) is 5.73 Å². The second kappa shape index (κ2) is 12.8. The summed E-state index contributed by atoms with van der Waals surface area (Å²) in [6.45, 7) is 4.79. The maximum absolute atomic E-state index is 7.24. The number of hydrogen-bond donors (Lipinski definition) is 2. The highest BCUT2D eigenvalue weighted by Gasteiger charge is 2.44. The smallest absolute Gasteiger partial charge is 0.152 e. The summed E-state index contributed by atoms with van der Waals surface area (Å²) in [5.74, 6) is 3.00. The van der Waals surface area contributed by atoms with E-state index >= 15 is 0 Å². The third kappa shape index (κ3) is 6.49. The average Bonchev–Trinajstić information content (AvgIpc) is 3.12. The molecule has 0 spiro atoms. The summed E-state index contributed by atoms with van der Waals surface area (Å²) in [6, 6.07) is 8.65. The molecule has 0 amide bonds. The first kappa shape index (κ1) is 27.4. The lowest BCUT2D eigenvalue weighted by molar-refractivity contribution is 0.281. The first-order valence-corrected chi connectivity index (χ1v) is 15.1. The van der Waals surface area contributed by atoms with Crippen LogP contribution in [-0.4, -0.2) is 61.2 Å². The number of anilines is 1. The molecule has 3 N–H and O–H groups in total. The summed E-state index contributed by atoms with van der Waals surface area (Å²) in [5, 5.41) is 3.80. The number of nitrogens with one attached hydrogen (secondary N) is 1. The Morgan fingerprint density at radius 3 is 2.53 bits per heavy atom. The van der Waals surface area contributed by atoms with Gasteiger partial charge in [-0.25, -0.2) is 9.97 Å². The van der Waals surface area contributed by atoms with Gasteiger partial charge in [-0.05, 0) is 96.0 Å². The number of benzene rings is 1. The zero-order valence-corrected chi connectivity index (χ0v) is 23.7. The van der Waals surface area contributed by atoms with Gasteiger partial charge in [0.2, 0.25) is 0 Å². The highest BCUT2D eigenvalue weighted by molar-refractivity contribution is 5.51. The SMILES string of the molecule is CN(C)CCCOc1ccc(CNC2CCCC2(N)c2nc3c(c(N4CCCCCC4)n2)CCCC3)cc1. The van der Waals surface area contributed by atoms with Crippen LogP contribution in [0.5, 0.6) is 5.75 Å². The van der Waals surface area contributed by atoms with Gasteiger partial charge in [0, 0.05) is 43.5 Å². The van der Waals surface area contributed by atoms with Crippen molar-refractivity contribution in [3.05, 3.63) is 46.9 Å². The van der Waals surface area contributed by atoms with Crippen molar-refractivity contribution in [1.29, 1.82) is 0 Å². The van der Waals surface area contributed by atoms with Crippen LogP contribution in [0.3, 0.4) is 0 Å². The van der Waals surface area contributed by atoms with Crippen LogP contribution in [-0.2, 0) is 24.9 Å². The van der Waals surface area contributed by atoms with Crippen molar-refractivity contribution in [3.63, 3.8) is 0 Å². The number of aryl methyl sites for hydroxylation is 1. The molecule has 1 saturated heterocycles. The molecule has 2 aliphatic carbocycles. The van der Waals surface area contributed by atoms with E-state index < -0.39 is 5.54 Å². The molecule has 2 atom stereocenters. The summed E-state index contributed by atoms with van der Waals surface area (Å²) in [5.41, 5.74) is 10.6. The summed E-state index contributed by atoms with van der Waals surface area (Å²) in [7, 11) is 4.18. The van der Waals surface area contributed by atoms with Gasteiger partial charge in [0.25, 0.3) is 0 Å². The van der Waals surface area contributed by atoms with E-state index in [0.29, 0.717) is 0 Å². The lowest BCUT2D eigenvalue weighted by atomic mass is 9.90. The highest BCUT2D eigenvalue weighted by atomic mass is 16.5. The Kier molecular flexibility index (Phi) is 9.18. The minimum Gasteiger partial charge on any atom is -0.494 e. The molecule has 0 radical (unpaired) electrons. The van der Waals surface area contributed by atoms with Crippen molar-refractivity contribution < 1.29 is 4.74 Å². The number of nitrogens with two attached hydrogens (primary N) is 1. The number of ether oxygens (including phenoxy) is 1. The van der Waals surface area contributed by atoms with Crippen molar-refractivity contribution in [1.82, 2.24) is 20.2 Å². The van der Waals surface area contributed by atoms with Crippen LogP contribution >= 0.6 is 0 Å². The number of fused-ring (bicyclic) bond motifs is 1. The van der Waals surface area contributed by atoms with Gasteiger partial charge in [-0.15, -0.1) is 0 Å². The fraction of sp³-hybridized carbons (Fsp3) is 0.677. The van der Waals surface area contributed by atoms with E-state index in [4.69, 9.17) is 20.4 Å². The molecule has 2 heterocycles. The second-order valence-corrected chi connectivity index (χ2v) is 11.9. The third-order valence-electron chi connectivity index (χ3n) is 8.68. The zero-order chi connectivity index (χ0) is 26.4. The molecular weight excluding hydrogens is 472 g/mol. The van der Waals surface area contributed by atoms with Crippen LogP contribution in [0.25, 0.3) is 0 Å². The fourth-order valence-electron chi connectivity index (χ4n) is 6.42. The van der Waals surface area contributed by atoms with Crippen LogP contribution in [0.1, 0.15) is 86.9 Å². The van der Waals surface area contributed by atoms with Crippen molar-refractivity contribution >= 4 is 5.82 Å². The van der Waals surface area contributed by atoms with E-state index in [1.807, 2.05) is 0 Å². The molecule has 1 aromatic heterocycles. The molecule has 1 aromatic carbocycles. The zero-order valence-electron chi connectivity index (χ0n) is 23.7. The molecule has 38 heavy (non-hydrogen) atoms. The fourth-order valence-corrected chi connectivity index (χ4v) is 6.42. The predicted molar refractivity (Wildman–Crippen MR) is 155 cm³/mol. The average molecular weight is 521 g/mol. The molecule has 3 aliphatic rings. The van der Waals surface area contributed by atoms with Gasteiger partial charge in [0.1, 0.15) is 11.6 Å². The Balaban J connectivity index is 1.27. The number of hydrogen-bond acceptors (Lipinski definition) is 7. The van der Waals surface area contributed by atoms with E-state index in [9.17, 15) is 0 Å². The van der Waals surface area contributed by atoms with Gasteiger partial charge in [0.05, 0.1) is 12.1 Å². The number of aromatic nitrogens is 2. The van der Waals surface area contributed by atoms with Crippen LogP contribution in [0, 0.1) is 0 Å². The number of rotatable bonds is 10. The molecule has 0 bridgehead atoms. The summed E-state index contributed by atoms with van der Waals surface area (Å²) in [4.78, 5) is 15.2. The first-order chi connectivity index (χ1) is 18.5. The summed E-state index contributed by atoms with van der Waals surface area (Å²) >= 11 is 0. The number of nitrogens with zero attached hydrogens (tertiary/aromatic N) is 4. The maximum Gasteiger partial charge on any atom is 0.152 e. The van der Waals surface area contributed by atoms with Crippen molar-refractivity contribution in [2.45, 2.75) is 95.2 Å². The van der Waals surface area contributed by atoms with Crippen LogP contribution in [0.15, 0.2) is 24.3 Å². The van der Waals surface area contributed by atoms with Crippen LogP contribution < -0.4 is 20.7 Å². The minimum absolute atomic E-state index is 0.170. The molecule has 2 aromatic rings. The van der Waals surface area contributed by atoms with Crippen molar-refractivity contribution in [3.8, 4) is 5.75 Å². The van der Waals surface area contributed by atoms with Crippen molar-refractivity contribution in [2.75, 3.05) is 45.2 Å². The van der Waals surface area contributed by atoms with E-state index in [1.165, 1.54) is 61.2 Å². The topological polar surface area (TPSA) is 79.5 Å². The molecule has 2 unspecified atom stereocenters. The van der Waals surface area contributed by atoms with Gasteiger partial charge in [-0.2, -0.15) is 0 Å². The summed E-state index contributed by atoms with van der Waals surface area (Å²) in [6.07, 6.45) is 13.9. The summed E-state index contributed by atoms with van der Waals surface area (Å²) < 4.78 is 5.91. The van der Waals surface area contributed by atoms with E-state index in [1.54, 1.807) is 0 Å². The first-order valence-electron chi connectivity index (χ1n) is 15.1. The molecule has 5 rings (SSSR count). The Morgan fingerprint density at radius 1 is 1.00 bits per heavy atom. The van der Waals surface area contributed by atoms with Gasteiger partial charge < -0.3 is 25.6 Å². The molecule has 7 nitrogen and oxygen atoms in total. The molecular formula is C31H48N6O. The van der Waals surface area contributed by atoms with Gasteiger partial charge in [0.15, 0.2) is 5.82 Å². The van der Waals surface area contributed by atoms with Gasteiger partial charge in [-0.3, -0.25) is 0 Å². The van der Waals surface area contributed by atoms with E-state index in [-0.39, 0.29) is 6.04 Å². The van der Waals surface area contributed by atoms with E-state index in [2.05, 4.69) is 53.5 Å². The Hall–Kier alpha value is -2.22. The molecule has 2 fully saturated rings. The Labute approximate surface area is 229 Å². The third-order valence-corrected chi connectivity index (χ3v) is 8.68. The standard InChI is InChI=1S/C31H48N6O/c1-36(2)19-10-22-38-25-16-14-24(15-17-25)23-33-28-13-9-18-31(28,32)30-34-27-12-6-5-11-26(27)29(35-30)37-20-7-3-4-8-21-37/h14-17,28,33H,3-13,18-23,32H2,1-2H3.